The number of halogens is 3. The highest BCUT2D eigenvalue weighted by atomic mass is 79.9. The Hall–Kier alpha value is -1.79. The van der Waals surface area contributed by atoms with E-state index in [-0.39, 0.29) is 17.9 Å². The molecule has 4 nitrogen and oxygen atoms in total. The van der Waals surface area contributed by atoms with Crippen molar-refractivity contribution in [2.75, 3.05) is 5.32 Å². The third-order valence-electron chi connectivity index (χ3n) is 2.86. The maximum atomic E-state index is 14.2. The van der Waals surface area contributed by atoms with Gasteiger partial charge in [0.05, 0.1) is 16.3 Å². The number of nitrogens with zero attached hydrogens (tertiary/aromatic N) is 1. The van der Waals surface area contributed by atoms with Gasteiger partial charge in [-0.15, -0.1) is 0 Å². The molecule has 0 amide bonds. The Morgan fingerprint density at radius 3 is 2.86 bits per heavy atom. The fraction of sp³-hybridized carbons (Fsp3) is 0.0714. The van der Waals surface area contributed by atoms with Gasteiger partial charge in [0, 0.05) is 16.6 Å². The summed E-state index contributed by atoms with van der Waals surface area (Å²) in [6, 6.07) is 10.0. The van der Waals surface area contributed by atoms with E-state index in [4.69, 9.17) is 22.5 Å². The first-order valence-electron chi connectivity index (χ1n) is 5.97. The number of amidine groups is 1. The van der Waals surface area contributed by atoms with Gasteiger partial charge in [0.2, 0.25) is 0 Å². The van der Waals surface area contributed by atoms with Crippen LogP contribution in [0.15, 0.2) is 46.0 Å². The highest BCUT2D eigenvalue weighted by Gasteiger charge is 2.11. The number of oxime groups is 1. The van der Waals surface area contributed by atoms with E-state index in [2.05, 4.69) is 26.4 Å². The molecule has 0 aliphatic heterocycles. The van der Waals surface area contributed by atoms with Crippen LogP contribution in [-0.4, -0.2) is 11.0 Å². The van der Waals surface area contributed by atoms with Crippen molar-refractivity contribution in [1.82, 2.24) is 0 Å². The Morgan fingerprint density at radius 2 is 2.14 bits per heavy atom. The molecule has 0 bridgehead atoms. The van der Waals surface area contributed by atoms with Gasteiger partial charge in [0.15, 0.2) is 5.84 Å². The maximum absolute atomic E-state index is 14.2. The van der Waals surface area contributed by atoms with E-state index in [1.54, 1.807) is 24.3 Å². The smallest absolute Gasteiger partial charge is 0.173 e. The van der Waals surface area contributed by atoms with Crippen molar-refractivity contribution in [3.05, 3.63) is 62.8 Å². The molecule has 0 fully saturated rings. The Bertz CT molecular complexity index is 694. The fourth-order valence-electron chi connectivity index (χ4n) is 1.79. The first-order valence-corrected chi connectivity index (χ1v) is 7.14. The minimum atomic E-state index is -0.536. The molecule has 0 saturated heterocycles. The van der Waals surface area contributed by atoms with E-state index >= 15 is 0 Å². The van der Waals surface area contributed by atoms with Gasteiger partial charge in [-0.25, -0.2) is 4.39 Å². The molecule has 0 radical (unpaired) electrons. The molecule has 0 saturated carbocycles. The van der Waals surface area contributed by atoms with Crippen molar-refractivity contribution in [1.29, 1.82) is 0 Å². The highest BCUT2D eigenvalue weighted by molar-refractivity contribution is 9.10. The number of hydrogen-bond acceptors (Lipinski definition) is 3. The molecule has 2 aromatic carbocycles. The van der Waals surface area contributed by atoms with Gasteiger partial charge in [0.25, 0.3) is 0 Å². The van der Waals surface area contributed by atoms with Gasteiger partial charge in [-0.1, -0.05) is 44.8 Å². The maximum Gasteiger partial charge on any atom is 0.173 e. The number of rotatable bonds is 4. The number of anilines is 1. The average Bonchev–Trinajstić information content (AvgIpc) is 2.48. The van der Waals surface area contributed by atoms with Crippen molar-refractivity contribution in [2.45, 2.75) is 6.54 Å². The fourth-order valence-corrected chi connectivity index (χ4v) is 2.34. The molecule has 110 valence electrons. The van der Waals surface area contributed by atoms with Crippen molar-refractivity contribution in [3.63, 3.8) is 0 Å². The molecule has 0 atom stereocenters. The molecule has 7 heteroatoms. The van der Waals surface area contributed by atoms with Crippen LogP contribution in [0.1, 0.15) is 11.1 Å². The lowest BCUT2D eigenvalue weighted by Crippen LogP contribution is -2.16. The lowest BCUT2D eigenvalue weighted by molar-refractivity contribution is 0.318. The third-order valence-corrected chi connectivity index (χ3v) is 3.68. The van der Waals surface area contributed by atoms with E-state index in [0.29, 0.717) is 16.3 Å². The Kier molecular flexibility index (Phi) is 5.03. The summed E-state index contributed by atoms with van der Waals surface area (Å²) >= 11 is 9.40. The SMILES string of the molecule is N/C(=N/O)c1cccc(CNc2cc(Br)ccc2Cl)c1F. The molecule has 0 aliphatic rings. The average molecular weight is 373 g/mol. The van der Waals surface area contributed by atoms with Gasteiger partial charge in [-0.2, -0.15) is 0 Å². The zero-order chi connectivity index (χ0) is 15.4. The van der Waals surface area contributed by atoms with Gasteiger partial charge >= 0.3 is 0 Å². The summed E-state index contributed by atoms with van der Waals surface area (Å²) in [4.78, 5) is 0. The Labute approximate surface area is 134 Å². The van der Waals surface area contributed by atoms with Crippen molar-refractivity contribution >= 4 is 39.1 Å². The zero-order valence-electron chi connectivity index (χ0n) is 10.8. The molecule has 0 aromatic heterocycles. The number of benzene rings is 2. The van der Waals surface area contributed by atoms with E-state index < -0.39 is 5.82 Å². The highest BCUT2D eigenvalue weighted by Crippen LogP contribution is 2.26. The van der Waals surface area contributed by atoms with Crippen LogP contribution in [-0.2, 0) is 6.54 Å². The van der Waals surface area contributed by atoms with Crippen LogP contribution in [0.25, 0.3) is 0 Å². The topological polar surface area (TPSA) is 70.6 Å². The molecular formula is C14H12BrClFN3O. The number of nitrogens with two attached hydrogens (primary N) is 1. The van der Waals surface area contributed by atoms with E-state index in [0.717, 1.165) is 4.47 Å². The van der Waals surface area contributed by atoms with E-state index in [1.165, 1.54) is 6.07 Å². The van der Waals surface area contributed by atoms with Gasteiger partial charge in [-0.05, 0) is 24.3 Å². The lowest BCUT2D eigenvalue weighted by Gasteiger charge is -2.11. The van der Waals surface area contributed by atoms with Crippen LogP contribution in [0, 0.1) is 5.82 Å². The second kappa shape index (κ2) is 6.78. The van der Waals surface area contributed by atoms with E-state index in [9.17, 15) is 4.39 Å². The molecule has 2 rings (SSSR count). The van der Waals surface area contributed by atoms with Crippen LogP contribution in [0.2, 0.25) is 5.02 Å². The summed E-state index contributed by atoms with van der Waals surface area (Å²) in [6.07, 6.45) is 0. The van der Waals surface area contributed by atoms with Crippen LogP contribution >= 0.6 is 27.5 Å². The van der Waals surface area contributed by atoms with Crippen molar-refractivity contribution < 1.29 is 9.60 Å². The Morgan fingerprint density at radius 1 is 1.38 bits per heavy atom. The van der Waals surface area contributed by atoms with E-state index in [1.807, 2.05) is 6.07 Å². The molecule has 0 aliphatic carbocycles. The van der Waals surface area contributed by atoms with Crippen molar-refractivity contribution in [2.24, 2.45) is 10.9 Å². The van der Waals surface area contributed by atoms with Crippen molar-refractivity contribution in [3.8, 4) is 0 Å². The molecule has 0 unspecified atom stereocenters. The third kappa shape index (κ3) is 3.65. The molecule has 0 heterocycles. The molecule has 21 heavy (non-hydrogen) atoms. The second-order valence-electron chi connectivity index (χ2n) is 4.24. The first-order chi connectivity index (χ1) is 10.0. The minimum absolute atomic E-state index is 0.0529. The standard InChI is InChI=1S/C14H12BrClFN3O/c15-9-4-5-11(16)12(6-9)19-7-8-2-1-3-10(13(8)17)14(18)20-21/h1-6,19,21H,7H2,(H2,18,20). The molecule has 0 spiro atoms. The molecule has 4 N–H and O–H groups in total. The van der Waals surface area contributed by atoms with Crippen LogP contribution < -0.4 is 11.1 Å². The normalized spacial score (nSPS) is 11.5. The predicted octanol–water partition coefficient (Wildman–Crippen LogP) is 3.95. The lowest BCUT2D eigenvalue weighted by atomic mass is 10.1. The summed E-state index contributed by atoms with van der Waals surface area (Å²) in [6.45, 7) is 0.217. The summed E-state index contributed by atoms with van der Waals surface area (Å²) in [5.41, 5.74) is 6.55. The van der Waals surface area contributed by atoms with Gasteiger partial charge < -0.3 is 16.3 Å². The monoisotopic (exact) mass is 371 g/mol. The van der Waals surface area contributed by atoms with Crippen LogP contribution in [0.5, 0.6) is 0 Å². The quantitative estimate of drug-likeness (QED) is 0.329. The summed E-state index contributed by atoms with van der Waals surface area (Å²) in [5.74, 6) is -0.804. The first kappa shape index (κ1) is 15.6. The largest absolute Gasteiger partial charge is 0.409 e. The number of nitrogens with one attached hydrogen (secondary N) is 1. The second-order valence-corrected chi connectivity index (χ2v) is 5.56. The number of hydrogen-bond donors (Lipinski definition) is 3. The van der Waals surface area contributed by atoms with Crippen LogP contribution in [0.3, 0.4) is 0 Å². The van der Waals surface area contributed by atoms with Crippen LogP contribution in [0.4, 0.5) is 10.1 Å². The molecule has 2 aromatic rings. The summed E-state index contributed by atoms with van der Waals surface area (Å²) in [7, 11) is 0. The minimum Gasteiger partial charge on any atom is -0.409 e. The Balaban J connectivity index is 2.23. The molecular weight excluding hydrogens is 361 g/mol. The summed E-state index contributed by atoms with van der Waals surface area (Å²) in [5, 5.41) is 15.0. The van der Waals surface area contributed by atoms with Gasteiger partial charge in [-0.3, -0.25) is 0 Å². The predicted molar refractivity (Wildman–Crippen MR) is 85.4 cm³/mol. The summed E-state index contributed by atoms with van der Waals surface area (Å²) < 4.78 is 15.1. The van der Waals surface area contributed by atoms with Gasteiger partial charge in [0.1, 0.15) is 5.82 Å². The zero-order valence-corrected chi connectivity index (χ0v) is 13.1.